The highest BCUT2D eigenvalue weighted by atomic mass is 31.1. The summed E-state index contributed by atoms with van der Waals surface area (Å²) in [4.78, 5) is 9.45. The van der Waals surface area contributed by atoms with Crippen molar-refractivity contribution in [3.05, 3.63) is 29.8 Å². The van der Waals surface area contributed by atoms with Gasteiger partial charge in [-0.15, -0.1) is 0 Å². The van der Waals surface area contributed by atoms with E-state index >= 15 is 0 Å². The van der Waals surface area contributed by atoms with Crippen LogP contribution in [0.25, 0.3) is 0 Å². The van der Waals surface area contributed by atoms with E-state index in [1.807, 2.05) is 18.2 Å². The Labute approximate surface area is 61.5 Å². The molecule has 0 aliphatic carbocycles. The molecule has 1 aliphatic heterocycles. The Balaban J connectivity index is 2.51. The van der Waals surface area contributed by atoms with E-state index < -0.39 is 8.15 Å². The molecule has 0 saturated carbocycles. The van der Waals surface area contributed by atoms with E-state index in [0.29, 0.717) is 0 Å². The normalized spacial score (nSPS) is 22.7. The van der Waals surface area contributed by atoms with Crippen LogP contribution in [-0.4, -0.2) is 11.1 Å². The molecule has 2 heteroatoms. The van der Waals surface area contributed by atoms with E-state index in [4.69, 9.17) is 0 Å². The molecular formula is C8H9OP. The second kappa shape index (κ2) is 2.34. The fourth-order valence-electron chi connectivity index (χ4n) is 1.32. The molecule has 52 valence electrons. The molecular weight excluding hydrogens is 143 g/mol. The van der Waals surface area contributed by atoms with E-state index in [1.54, 1.807) is 0 Å². The summed E-state index contributed by atoms with van der Waals surface area (Å²) >= 11 is 0. The molecule has 2 rings (SSSR count). The van der Waals surface area contributed by atoms with Gasteiger partial charge < -0.3 is 4.89 Å². The lowest BCUT2D eigenvalue weighted by molar-refractivity contribution is 0.636. The fourth-order valence-corrected chi connectivity index (χ4v) is 2.79. The van der Waals surface area contributed by atoms with Crippen LogP contribution in [0.2, 0.25) is 0 Å². The first-order chi connectivity index (χ1) is 4.88. The lowest BCUT2D eigenvalue weighted by atomic mass is 10.2. The van der Waals surface area contributed by atoms with Gasteiger partial charge in [0.15, 0.2) is 0 Å². The van der Waals surface area contributed by atoms with Crippen molar-refractivity contribution in [2.24, 2.45) is 0 Å². The Kier molecular flexibility index (Phi) is 1.48. The summed E-state index contributed by atoms with van der Waals surface area (Å²) in [5.41, 5.74) is 1.34. The standard InChI is InChI=1S/C8H9OP/c9-10-6-5-7-3-1-2-4-8(7)10/h1-4,9H,5-6H2. The van der Waals surface area contributed by atoms with Gasteiger partial charge in [0.05, 0.1) is 8.15 Å². The third-order valence-electron chi connectivity index (χ3n) is 1.86. The third kappa shape index (κ3) is 0.865. The highest BCUT2D eigenvalue weighted by Gasteiger charge is 2.18. The molecule has 1 atom stereocenters. The van der Waals surface area contributed by atoms with Crippen LogP contribution < -0.4 is 5.30 Å². The topological polar surface area (TPSA) is 20.2 Å². The van der Waals surface area contributed by atoms with Crippen LogP contribution in [0.5, 0.6) is 0 Å². The summed E-state index contributed by atoms with van der Waals surface area (Å²) in [7, 11) is -0.781. The first-order valence-electron chi connectivity index (χ1n) is 3.42. The number of fused-ring (bicyclic) bond motifs is 1. The number of hydrogen-bond donors (Lipinski definition) is 1. The summed E-state index contributed by atoms with van der Waals surface area (Å²) in [6.07, 6.45) is 2.03. The van der Waals surface area contributed by atoms with Gasteiger partial charge in [-0.05, 0) is 18.1 Å². The van der Waals surface area contributed by atoms with Gasteiger partial charge in [-0.2, -0.15) is 0 Å². The number of hydrogen-bond acceptors (Lipinski definition) is 1. The molecule has 0 fully saturated rings. The van der Waals surface area contributed by atoms with Gasteiger partial charge in [0.1, 0.15) is 0 Å². The van der Waals surface area contributed by atoms with Crippen LogP contribution in [0.3, 0.4) is 0 Å². The SMILES string of the molecule is OP1CCc2ccccc21. The van der Waals surface area contributed by atoms with Gasteiger partial charge in [0.25, 0.3) is 0 Å². The van der Waals surface area contributed by atoms with Gasteiger partial charge >= 0.3 is 0 Å². The maximum absolute atomic E-state index is 9.45. The molecule has 0 saturated heterocycles. The zero-order chi connectivity index (χ0) is 6.97. The molecule has 0 radical (unpaired) electrons. The third-order valence-corrected chi connectivity index (χ3v) is 3.50. The second-order valence-corrected chi connectivity index (χ2v) is 4.23. The highest BCUT2D eigenvalue weighted by molar-refractivity contribution is 7.60. The lowest BCUT2D eigenvalue weighted by Gasteiger charge is -2.00. The van der Waals surface area contributed by atoms with Crippen LogP contribution >= 0.6 is 8.15 Å². The predicted octanol–water partition coefficient (Wildman–Crippen LogP) is 1.26. The molecule has 1 aromatic rings. The zero-order valence-corrected chi connectivity index (χ0v) is 6.51. The van der Waals surface area contributed by atoms with Crippen molar-refractivity contribution in [1.82, 2.24) is 0 Å². The van der Waals surface area contributed by atoms with Crippen molar-refractivity contribution >= 4 is 13.5 Å². The van der Waals surface area contributed by atoms with Crippen molar-refractivity contribution in [1.29, 1.82) is 0 Å². The Morgan fingerprint density at radius 3 is 2.90 bits per heavy atom. The molecule has 1 aliphatic rings. The van der Waals surface area contributed by atoms with E-state index in [9.17, 15) is 4.89 Å². The molecule has 1 aromatic carbocycles. The van der Waals surface area contributed by atoms with Gasteiger partial charge in [-0.1, -0.05) is 24.3 Å². The van der Waals surface area contributed by atoms with Crippen molar-refractivity contribution in [3.8, 4) is 0 Å². The summed E-state index contributed by atoms with van der Waals surface area (Å²) in [6.45, 7) is 0. The number of benzene rings is 1. The fraction of sp³-hybridized carbons (Fsp3) is 0.250. The van der Waals surface area contributed by atoms with E-state index in [2.05, 4.69) is 6.07 Å². The van der Waals surface area contributed by atoms with E-state index in [-0.39, 0.29) is 0 Å². The average Bonchev–Trinajstić information content (AvgIpc) is 2.34. The highest BCUT2D eigenvalue weighted by Crippen LogP contribution is 2.36. The van der Waals surface area contributed by atoms with Crippen LogP contribution in [0.1, 0.15) is 5.56 Å². The molecule has 1 unspecified atom stereocenters. The maximum Gasteiger partial charge on any atom is 0.0569 e. The largest absolute Gasteiger partial charge is 0.369 e. The van der Waals surface area contributed by atoms with E-state index in [0.717, 1.165) is 12.6 Å². The molecule has 10 heavy (non-hydrogen) atoms. The predicted molar refractivity (Wildman–Crippen MR) is 43.8 cm³/mol. The molecule has 1 heterocycles. The number of aryl methyl sites for hydroxylation is 1. The zero-order valence-electron chi connectivity index (χ0n) is 5.62. The first kappa shape index (κ1) is 6.33. The Bertz CT molecular complexity index is 247. The Morgan fingerprint density at radius 1 is 1.30 bits per heavy atom. The van der Waals surface area contributed by atoms with Gasteiger partial charge in [0, 0.05) is 5.30 Å². The quantitative estimate of drug-likeness (QED) is 0.555. The lowest BCUT2D eigenvalue weighted by Crippen LogP contribution is -1.97. The van der Waals surface area contributed by atoms with Crippen molar-refractivity contribution in [2.75, 3.05) is 6.16 Å². The molecule has 1 nitrogen and oxygen atoms in total. The monoisotopic (exact) mass is 152 g/mol. The number of rotatable bonds is 0. The van der Waals surface area contributed by atoms with Crippen LogP contribution in [0.4, 0.5) is 0 Å². The molecule has 0 spiro atoms. The van der Waals surface area contributed by atoms with Crippen molar-refractivity contribution in [2.45, 2.75) is 6.42 Å². The minimum absolute atomic E-state index is 0.781. The molecule has 1 N–H and O–H groups in total. The summed E-state index contributed by atoms with van der Waals surface area (Å²) in [5.74, 6) is 0. The van der Waals surface area contributed by atoms with E-state index in [1.165, 1.54) is 10.9 Å². The van der Waals surface area contributed by atoms with Gasteiger partial charge in [0.2, 0.25) is 0 Å². The smallest absolute Gasteiger partial charge is 0.0569 e. The summed E-state index contributed by atoms with van der Waals surface area (Å²) in [6, 6.07) is 8.17. The van der Waals surface area contributed by atoms with Gasteiger partial charge in [-0.3, -0.25) is 0 Å². The molecule has 0 amide bonds. The summed E-state index contributed by atoms with van der Waals surface area (Å²) < 4.78 is 0. The van der Waals surface area contributed by atoms with Crippen LogP contribution in [-0.2, 0) is 6.42 Å². The average molecular weight is 152 g/mol. The van der Waals surface area contributed by atoms with Gasteiger partial charge in [-0.25, -0.2) is 0 Å². The minimum atomic E-state index is -0.781. The van der Waals surface area contributed by atoms with Crippen molar-refractivity contribution < 1.29 is 4.89 Å². The summed E-state index contributed by atoms with van der Waals surface area (Å²) in [5, 5.41) is 1.19. The minimum Gasteiger partial charge on any atom is -0.369 e. The maximum atomic E-state index is 9.45. The second-order valence-electron chi connectivity index (χ2n) is 2.50. The van der Waals surface area contributed by atoms with Crippen LogP contribution in [0.15, 0.2) is 24.3 Å². The molecule has 0 aromatic heterocycles. The van der Waals surface area contributed by atoms with Crippen molar-refractivity contribution in [3.63, 3.8) is 0 Å². The Hall–Kier alpha value is -0.390. The first-order valence-corrected chi connectivity index (χ1v) is 4.90. The Morgan fingerprint density at radius 2 is 2.10 bits per heavy atom. The molecule has 0 bridgehead atoms. The van der Waals surface area contributed by atoms with Crippen LogP contribution in [0, 0.1) is 0 Å².